The highest BCUT2D eigenvalue weighted by molar-refractivity contribution is 4.99. The molecule has 1 aliphatic carbocycles. The van der Waals surface area contributed by atoms with Gasteiger partial charge in [0.15, 0.2) is 0 Å². The third-order valence-electron chi connectivity index (χ3n) is 3.27. The largest absolute Gasteiger partial charge is 0.321 e. The second kappa shape index (κ2) is 3.69. The van der Waals surface area contributed by atoms with Crippen LogP contribution in [0.3, 0.4) is 0 Å². The fourth-order valence-electron chi connectivity index (χ4n) is 1.94. The fraction of sp³-hybridized carbons (Fsp3) is 0.800. The van der Waals surface area contributed by atoms with Gasteiger partial charge in [-0.25, -0.2) is 0 Å². The lowest BCUT2D eigenvalue weighted by molar-refractivity contribution is 0.273. The summed E-state index contributed by atoms with van der Waals surface area (Å²) in [4.78, 5) is 0. The molecule has 1 atom stereocenters. The number of nitrogens with two attached hydrogens (primary N) is 1. The van der Waals surface area contributed by atoms with Crippen molar-refractivity contribution in [3.8, 4) is 0 Å². The average Bonchev–Trinajstić information content (AvgIpc) is 2.41. The van der Waals surface area contributed by atoms with Gasteiger partial charge < -0.3 is 10.3 Å². The van der Waals surface area contributed by atoms with Crippen LogP contribution in [0, 0.1) is 12.8 Å². The molecule has 0 bridgehead atoms. The molecule has 1 aliphatic rings. The van der Waals surface area contributed by atoms with Gasteiger partial charge in [0.2, 0.25) is 0 Å². The highest BCUT2D eigenvalue weighted by Crippen LogP contribution is 2.33. The van der Waals surface area contributed by atoms with Crippen molar-refractivity contribution in [2.45, 2.75) is 38.6 Å². The highest BCUT2D eigenvalue weighted by atomic mass is 15.3. The van der Waals surface area contributed by atoms with Crippen LogP contribution in [-0.4, -0.2) is 14.8 Å². The average molecular weight is 194 g/mol. The lowest BCUT2D eigenvalue weighted by atomic mass is 9.81. The standard InChI is InChI=1S/C10H18N4/c1-7-12-13-10(14(7)2)9(11)6-8-4-3-5-8/h8-9H,3-6,11H2,1-2H3. The van der Waals surface area contributed by atoms with Crippen molar-refractivity contribution in [1.82, 2.24) is 14.8 Å². The van der Waals surface area contributed by atoms with Gasteiger partial charge in [-0.15, -0.1) is 10.2 Å². The first-order valence-corrected chi connectivity index (χ1v) is 5.30. The van der Waals surface area contributed by atoms with Gasteiger partial charge in [0.05, 0.1) is 6.04 Å². The molecule has 78 valence electrons. The van der Waals surface area contributed by atoms with Gasteiger partial charge in [-0.3, -0.25) is 0 Å². The predicted molar refractivity (Wildman–Crippen MR) is 54.6 cm³/mol. The van der Waals surface area contributed by atoms with E-state index in [-0.39, 0.29) is 6.04 Å². The van der Waals surface area contributed by atoms with Gasteiger partial charge in [-0.2, -0.15) is 0 Å². The van der Waals surface area contributed by atoms with Crippen molar-refractivity contribution in [2.24, 2.45) is 18.7 Å². The van der Waals surface area contributed by atoms with Crippen molar-refractivity contribution in [3.63, 3.8) is 0 Å². The quantitative estimate of drug-likeness (QED) is 0.789. The van der Waals surface area contributed by atoms with Crippen LogP contribution in [0.1, 0.15) is 43.4 Å². The zero-order valence-corrected chi connectivity index (χ0v) is 8.90. The summed E-state index contributed by atoms with van der Waals surface area (Å²) in [6.45, 7) is 1.95. The first-order chi connectivity index (χ1) is 6.68. The molecule has 0 amide bonds. The van der Waals surface area contributed by atoms with Crippen LogP contribution < -0.4 is 5.73 Å². The van der Waals surface area contributed by atoms with E-state index in [2.05, 4.69) is 10.2 Å². The fourth-order valence-corrected chi connectivity index (χ4v) is 1.94. The Morgan fingerprint density at radius 2 is 2.21 bits per heavy atom. The molecule has 2 N–H and O–H groups in total. The van der Waals surface area contributed by atoms with Crippen LogP contribution in [0.5, 0.6) is 0 Å². The second-order valence-corrected chi connectivity index (χ2v) is 4.30. The molecule has 0 aliphatic heterocycles. The summed E-state index contributed by atoms with van der Waals surface area (Å²) in [6.07, 6.45) is 5.11. The van der Waals surface area contributed by atoms with Gasteiger partial charge in [0.25, 0.3) is 0 Å². The molecule has 4 nitrogen and oxygen atoms in total. The van der Waals surface area contributed by atoms with Crippen LogP contribution in [0.25, 0.3) is 0 Å². The van der Waals surface area contributed by atoms with Crippen molar-refractivity contribution in [1.29, 1.82) is 0 Å². The SMILES string of the molecule is Cc1nnc(C(N)CC2CCC2)n1C. The summed E-state index contributed by atoms with van der Waals surface area (Å²) in [5, 5.41) is 8.14. The van der Waals surface area contributed by atoms with Crippen LogP contribution in [0.15, 0.2) is 0 Å². The molecule has 1 fully saturated rings. The summed E-state index contributed by atoms with van der Waals surface area (Å²) in [5.74, 6) is 2.68. The molecule has 0 saturated heterocycles. The second-order valence-electron chi connectivity index (χ2n) is 4.30. The Labute approximate surface area is 84.5 Å². The van der Waals surface area contributed by atoms with Crippen molar-refractivity contribution >= 4 is 0 Å². The summed E-state index contributed by atoms with van der Waals surface area (Å²) in [5.41, 5.74) is 6.10. The van der Waals surface area contributed by atoms with E-state index in [4.69, 9.17) is 5.73 Å². The molecular formula is C10H18N4. The van der Waals surface area contributed by atoms with Gasteiger partial charge in [0.1, 0.15) is 11.6 Å². The molecule has 0 aromatic carbocycles. The summed E-state index contributed by atoms with van der Waals surface area (Å²) in [6, 6.07) is 0.0616. The minimum Gasteiger partial charge on any atom is -0.321 e. The minimum atomic E-state index is 0.0616. The Bertz CT molecular complexity index is 314. The van der Waals surface area contributed by atoms with Crippen LogP contribution in [0.2, 0.25) is 0 Å². The Balaban J connectivity index is 2.02. The highest BCUT2D eigenvalue weighted by Gasteiger charge is 2.23. The van der Waals surface area contributed by atoms with Crippen molar-refractivity contribution in [3.05, 3.63) is 11.6 Å². The smallest absolute Gasteiger partial charge is 0.149 e. The van der Waals surface area contributed by atoms with E-state index in [1.54, 1.807) is 0 Å². The Kier molecular flexibility index (Phi) is 2.54. The first kappa shape index (κ1) is 9.65. The van der Waals surface area contributed by atoms with Crippen molar-refractivity contribution in [2.75, 3.05) is 0 Å². The monoisotopic (exact) mass is 194 g/mol. The first-order valence-electron chi connectivity index (χ1n) is 5.30. The Morgan fingerprint density at radius 3 is 2.64 bits per heavy atom. The maximum atomic E-state index is 6.10. The number of hydrogen-bond acceptors (Lipinski definition) is 3. The Morgan fingerprint density at radius 1 is 1.50 bits per heavy atom. The van der Waals surface area contributed by atoms with Gasteiger partial charge in [0, 0.05) is 7.05 Å². The van der Waals surface area contributed by atoms with Crippen LogP contribution >= 0.6 is 0 Å². The normalized spacial score (nSPS) is 19.4. The number of aryl methyl sites for hydroxylation is 1. The maximum absolute atomic E-state index is 6.10. The molecular weight excluding hydrogens is 176 g/mol. The number of rotatable bonds is 3. The van der Waals surface area contributed by atoms with Crippen LogP contribution in [-0.2, 0) is 7.05 Å². The number of hydrogen-bond donors (Lipinski definition) is 1. The van der Waals surface area contributed by atoms with E-state index >= 15 is 0 Å². The molecule has 4 heteroatoms. The van der Waals surface area contributed by atoms with Gasteiger partial charge in [-0.1, -0.05) is 19.3 Å². The minimum absolute atomic E-state index is 0.0616. The molecule has 14 heavy (non-hydrogen) atoms. The zero-order chi connectivity index (χ0) is 10.1. The van der Waals surface area contributed by atoms with Crippen LogP contribution in [0.4, 0.5) is 0 Å². The summed E-state index contributed by atoms with van der Waals surface area (Å²) in [7, 11) is 1.98. The molecule has 1 saturated carbocycles. The topological polar surface area (TPSA) is 56.7 Å². The summed E-state index contributed by atoms with van der Waals surface area (Å²) >= 11 is 0. The molecule has 0 spiro atoms. The van der Waals surface area contributed by atoms with E-state index in [9.17, 15) is 0 Å². The summed E-state index contributed by atoms with van der Waals surface area (Å²) < 4.78 is 1.99. The molecule has 0 radical (unpaired) electrons. The van der Waals surface area contributed by atoms with Crippen molar-refractivity contribution < 1.29 is 0 Å². The van der Waals surface area contributed by atoms with E-state index in [1.807, 2.05) is 18.5 Å². The molecule has 1 aromatic heterocycles. The molecule has 1 unspecified atom stereocenters. The maximum Gasteiger partial charge on any atom is 0.149 e. The molecule has 1 heterocycles. The van der Waals surface area contributed by atoms with Gasteiger partial charge >= 0.3 is 0 Å². The predicted octanol–water partition coefficient (Wildman–Crippen LogP) is 1.31. The van der Waals surface area contributed by atoms with E-state index < -0.39 is 0 Å². The van der Waals surface area contributed by atoms with E-state index in [0.29, 0.717) is 0 Å². The van der Waals surface area contributed by atoms with Gasteiger partial charge in [-0.05, 0) is 19.3 Å². The van der Waals surface area contributed by atoms with E-state index in [0.717, 1.165) is 24.0 Å². The number of aromatic nitrogens is 3. The Hall–Kier alpha value is -0.900. The third kappa shape index (κ3) is 1.66. The lowest BCUT2D eigenvalue weighted by Crippen LogP contribution is -2.22. The molecule has 2 rings (SSSR count). The zero-order valence-electron chi connectivity index (χ0n) is 8.90. The van der Waals surface area contributed by atoms with E-state index in [1.165, 1.54) is 19.3 Å². The third-order valence-corrected chi connectivity index (χ3v) is 3.27. The molecule has 1 aromatic rings. The lowest BCUT2D eigenvalue weighted by Gasteiger charge is -2.27. The number of nitrogens with zero attached hydrogens (tertiary/aromatic N) is 3.